The number of hydrogen-bond donors (Lipinski definition) is 4. The van der Waals surface area contributed by atoms with Crippen molar-refractivity contribution in [2.24, 2.45) is 5.41 Å². The maximum absolute atomic E-state index is 12.8. The van der Waals surface area contributed by atoms with Gasteiger partial charge in [0.25, 0.3) is 0 Å². The van der Waals surface area contributed by atoms with Crippen LogP contribution in [0.15, 0.2) is 58.3 Å². The van der Waals surface area contributed by atoms with Crippen LogP contribution in [0.3, 0.4) is 0 Å². The molecule has 4 unspecified atom stereocenters. The Morgan fingerprint density at radius 1 is 0.682 bits per heavy atom. The quantitative estimate of drug-likeness (QED) is 0.122. The van der Waals surface area contributed by atoms with Crippen LogP contribution in [0.5, 0.6) is 11.5 Å². The van der Waals surface area contributed by atoms with E-state index in [1.807, 2.05) is 0 Å². The van der Waals surface area contributed by atoms with Crippen molar-refractivity contribution in [2.75, 3.05) is 52.9 Å². The Morgan fingerprint density at radius 2 is 1.07 bits per heavy atom. The molecule has 2 rings (SSSR count). The summed E-state index contributed by atoms with van der Waals surface area (Å²) in [6.45, 7) is 6.74. The van der Waals surface area contributed by atoms with Crippen LogP contribution in [0.2, 0.25) is 0 Å². The molecule has 2 aromatic carbocycles. The molecule has 2 aromatic rings. The fourth-order valence-electron chi connectivity index (χ4n) is 3.80. The number of ether oxygens (including phenoxy) is 6. The minimum absolute atomic E-state index is 0.000209. The highest BCUT2D eigenvalue weighted by molar-refractivity contribution is 7.91. The fraction of sp³-hybridized carbons (Fsp3) is 0.567. The Bertz CT molecular complexity index is 1180. The number of phenolic OH excluding ortho intramolecular Hbond substituents is 1. The molecule has 0 saturated heterocycles. The topological polar surface area (TPSA) is 188 Å². The van der Waals surface area contributed by atoms with Crippen molar-refractivity contribution in [3.63, 3.8) is 0 Å². The second-order valence-corrected chi connectivity index (χ2v) is 12.8. The molecule has 0 heterocycles. The van der Waals surface area contributed by atoms with Gasteiger partial charge in [-0.25, -0.2) is 13.2 Å². The highest BCUT2D eigenvalue weighted by Crippen LogP contribution is 2.25. The van der Waals surface area contributed by atoms with Crippen LogP contribution >= 0.6 is 0 Å². The molecule has 13 nitrogen and oxygen atoms in total. The second kappa shape index (κ2) is 18.2. The first-order valence-electron chi connectivity index (χ1n) is 14.1. The molecule has 0 saturated carbocycles. The number of rotatable bonds is 20. The van der Waals surface area contributed by atoms with Gasteiger partial charge in [-0.2, -0.15) is 0 Å². The minimum Gasteiger partial charge on any atom is -0.508 e. The first-order chi connectivity index (χ1) is 20.7. The molecule has 0 aliphatic heterocycles. The Balaban J connectivity index is 1.96. The van der Waals surface area contributed by atoms with Crippen LogP contribution in [-0.4, -0.2) is 112 Å². The molecular weight excluding hydrogens is 600 g/mol. The van der Waals surface area contributed by atoms with Gasteiger partial charge in [-0.1, -0.05) is 0 Å². The number of phenols is 1. The Kier molecular flexibility index (Phi) is 15.5. The van der Waals surface area contributed by atoms with Crippen molar-refractivity contribution in [3.8, 4) is 11.5 Å². The predicted octanol–water partition coefficient (Wildman–Crippen LogP) is 2.32. The van der Waals surface area contributed by atoms with E-state index in [2.05, 4.69) is 0 Å². The average molecular weight is 645 g/mol. The SMILES string of the molecule is CC(O)COCC(COCC(C)O)(COCC(C)O)COCC(C)OC(=O)Oc1ccc(S(=O)(=O)c2ccc(O)cc2)cc1. The summed E-state index contributed by atoms with van der Waals surface area (Å²) in [6, 6.07) is 10.3. The number of aromatic hydroxyl groups is 1. The van der Waals surface area contributed by atoms with Gasteiger partial charge < -0.3 is 48.8 Å². The summed E-state index contributed by atoms with van der Waals surface area (Å²) in [6.07, 6.45) is -3.88. The van der Waals surface area contributed by atoms with Gasteiger partial charge in [0, 0.05) is 0 Å². The molecule has 0 aromatic heterocycles. The Hall–Kier alpha value is -2.82. The maximum atomic E-state index is 12.8. The molecule has 0 amide bonds. The lowest BCUT2D eigenvalue weighted by Gasteiger charge is -2.33. The summed E-state index contributed by atoms with van der Waals surface area (Å²) in [5, 5.41) is 38.2. The fourth-order valence-corrected chi connectivity index (χ4v) is 5.06. The second-order valence-electron chi connectivity index (χ2n) is 10.9. The third-order valence-electron chi connectivity index (χ3n) is 5.84. The number of benzene rings is 2. The lowest BCUT2D eigenvalue weighted by atomic mass is 9.92. The lowest BCUT2D eigenvalue weighted by Crippen LogP contribution is -2.43. The highest BCUT2D eigenvalue weighted by Gasteiger charge is 2.33. The summed E-state index contributed by atoms with van der Waals surface area (Å²) in [5.74, 6) is 0.00271. The molecule has 0 aliphatic rings. The predicted molar refractivity (Wildman–Crippen MR) is 157 cm³/mol. The molecular formula is C30H44O13S. The number of aliphatic hydroxyl groups is 3. The molecule has 0 radical (unpaired) electrons. The van der Waals surface area contributed by atoms with Crippen LogP contribution in [0, 0.1) is 5.41 Å². The third kappa shape index (κ3) is 13.4. The van der Waals surface area contributed by atoms with E-state index in [4.69, 9.17) is 28.4 Å². The number of sulfone groups is 1. The van der Waals surface area contributed by atoms with Crippen molar-refractivity contribution in [1.82, 2.24) is 0 Å². The molecule has 4 N–H and O–H groups in total. The van der Waals surface area contributed by atoms with E-state index in [0.717, 1.165) is 0 Å². The molecule has 0 fully saturated rings. The van der Waals surface area contributed by atoms with Crippen molar-refractivity contribution in [3.05, 3.63) is 48.5 Å². The molecule has 4 atom stereocenters. The van der Waals surface area contributed by atoms with Crippen molar-refractivity contribution in [2.45, 2.75) is 61.9 Å². The first kappa shape index (κ1) is 37.4. The molecule has 0 spiro atoms. The smallest absolute Gasteiger partial charge is 0.508 e. The normalized spacial score (nSPS) is 16.0. The monoisotopic (exact) mass is 644 g/mol. The zero-order valence-corrected chi connectivity index (χ0v) is 26.3. The van der Waals surface area contributed by atoms with Crippen molar-refractivity contribution < 1.29 is 62.1 Å². The first-order valence-corrected chi connectivity index (χ1v) is 15.6. The van der Waals surface area contributed by atoms with E-state index >= 15 is 0 Å². The standard InChI is InChI=1S/C30H44O13S/c1-21(31)13-38-17-30(18-39-14-22(2)32,19-40-15-23(3)33)20-41-16-24(4)42-29(35)43-26-7-11-28(12-8-26)44(36,37)27-9-5-25(34)6-10-27/h5-12,21-24,31-34H,13-20H2,1-4H3. The van der Waals surface area contributed by atoms with Gasteiger partial charge in [-0.3, -0.25) is 0 Å². The summed E-state index contributed by atoms with van der Waals surface area (Å²) >= 11 is 0. The van der Waals surface area contributed by atoms with Gasteiger partial charge in [0.05, 0.1) is 86.4 Å². The Morgan fingerprint density at radius 3 is 1.48 bits per heavy atom. The van der Waals surface area contributed by atoms with Crippen LogP contribution in [0.25, 0.3) is 0 Å². The molecule has 0 aliphatic carbocycles. The van der Waals surface area contributed by atoms with Crippen molar-refractivity contribution in [1.29, 1.82) is 0 Å². The van der Waals surface area contributed by atoms with Crippen LogP contribution in [0.1, 0.15) is 27.7 Å². The molecule has 44 heavy (non-hydrogen) atoms. The average Bonchev–Trinajstić information content (AvgIpc) is 2.93. The van der Waals surface area contributed by atoms with Crippen molar-refractivity contribution >= 4 is 16.0 Å². The zero-order chi connectivity index (χ0) is 32.8. The van der Waals surface area contributed by atoms with E-state index in [0.29, 0.717) is 0 Å². The molecule has 0 bridgehead atoms. The zero-order valence-electron chi connectivity index (χ0n) is 25.5. The van der Waals surface area contributed by atoms with Crippen LogP contribution in [0.4, 0.5) is 4.79 Å². The lowest BCUT2D eigenvalue weighted by molar-refractivity contribution is -0.129. The maximum Gasteiger partial charge on any atom is 0.514 e. The molecule has 248 valence electrons. The Labute approximate surface area is 258 Å². The number of carbonyl (C=O) groups is 1. The summed E-state index contributed by atoms with van der Waals surface area (Å²) in [5.41, 5.74) is -0.874. The number of carbonyl (C=O) groups excluding carboxylic acids is 1. The minimum atomic E-state index is -3.84. The summed E-state index contributed by atoms with van der Waals surface area (Å²) in [4.78, 5) is 12.3. The van der Waals surface area contributed by atoms with Gasteiger partial charge in [-0.15, -0.1) is 0 Å². The summed E-state index contributed by atoms with van der Waals surface area (Å²) in [7, 11) is -3.84. The van der Waals surface area contributed by atoms with Gasteiger partial charge in [0.15, 0.2) is 0 Å². The van der Waals surface area contributed by atoms with E-state index in [1.54, 1.807) is 27.7 Å². The number of aliphatic hydroxyl groups excluding tert-OH is 3. The van der Waals surface area contributed by atoms with Crippen LogP contribution < -0.4 is 4.74 Å². The summed E-state index contributed by atoms with van der Waals surface area (Å²) < 4.78 is 58.8. The van der Waals surface area contributed by atoms with E-state index in [1.165, 1.54) is 48.5 Å². The van der Waals surface area contributed by atoms with Gasteiger partial charge in [-0.05, 0) is 76.2 Å². The van der Waals surface area contributed by atoms with E-state index < -0.39 is 45.8 Å². The van der Waals surface area contributed by atoms with E-state index in [9.17, 15) is 33.6 Å². The van der Waals surface area contributed by atoms with Gasteiger partial charge in [0.1, 0.15) is 17.6 Å². The van der Waals surface area contributed by atoms with Gasteiger partial charge >= 0.3 is 6.16 Å². The number of hydrogen-bond acceptors (Lipinski definition) is 13. The van der Waals surface area contributed by atoms with E-state index in [-0.39, 0.29) is 74.1 Å². The largest absolute Gasteiger partial charge is 0.514 e. The third-order valence-corrected chi connectivity index (χ3v) is 7.63. The highest BCUT2D eigenvalue weighted by atomic mass is 32.2. The van der Waals surface area contributed by atoms with Crippen LogP contribution in [-0.2, 0) is 33.5 Å². The molecule has 14 heteroatoms. The van der Waals surface area contributed by atoms with Gasteiger partial charge in [0.2, 0.25) is 9.84 Å².